The summed E-state index contributed by atoms with van der Waals surface area (Å²) in [7, 11) is 1.41. The molecule has 0 spiro atoms. The van der Waals surface area contributed by atoms with E-state index in [1.54, 1.807) is 0 Å². The third-order valence-electron chi connectivity index (χ3n) is 10.8. The number of para-hydroxylation sites is 2. The molecule has 0 saturated carbocycles. The molecule has 9 rings (SSSR count). The summed E-state index contributed by atoms with van der Waals surface area (Å²) >= 11 is 5.76. The van der Waals surface area contributed by atoms with Gasteiger partial charge in [-0.25, -0.2) is 0 Å². The molecule has 0 N–H and O–H groups in total. The molecule has 0 saturated heterocycles. The first-order valence-electron chi connectivity index (χ1n) is 21.4. The van der Waals surface area contributed by atoms with E-state index >= 15 is 0 Å². The summed E-state index contributed by atoms with van der Waals surface area (Å²) in [5, 5.41) is 5.25. The number of rotatable bonds is 7. The van der Waals surface area contributed by atoms with Crippen LogP contribution in [0.3, 0.4) is 0 Å². The van der Waals surface area contributed by atoms with Crippen LogP contribution in [0.25, 0.3) is 60.5 Å². The highest BCUT2D eigenvalue weighted by Gasteiger charge is 2.39. The van der Waals surface area contributed by atoms with Gasteiger partial charge in [-0.2, -0.15) is 0 Å². The van der Waals surface area contributed by atoms with Gasteiger partial charge in [0.25, 0.3) is 0 Å². The topological polar surface area (TPSA) is 8.17 Å². The maximum absolute atomic E-state index is 3.97. The van der Waals surface area contributed by atoms with Crippen molar-refractivity contribution in [3.63, 3.8) is 0 Å². The lowest BCUT2D eigenvalue weighted by Crippen LogP contribution is -2.15. The van der Waals surface area contributed by atoms with Crippen LogP contribution in [0.5, 0.6) is 0 Å². The molecule has 0 radical (unpaired) electrons. The highest BCUT2D eigenvalue weighted by molar-refractivity contribution is 14.2. The molecule has 0 unspecified atom stereocenters. The zero-order valence-corrected chi connectivity index (χ0v) is 40.9. The van der Waals surface area contributed by atoms with Crippen molar-refractivity contribution in [2.24, 2.45) is 0 Å². The Balaban J connectivity index is 0.000000731. The average Bonchev–Trinajstić information content (AvgIpc) is 3.78. The number of halogens is 1. The second-order valence-corrected chi connectivity index (χ2v) is 18.3. The first-order valence-corrected chi connectivity index (χ1v) is 25.9. The Morgan fingerprint density at radius 1 is 0.656 bits per heavy atom. The molecule has 0 bridgehead atoms. The number of nitrogens with zero attached hydrogens (tertiary/aromatic N) is 2. The third-order valence-corrected chi connectivity index (χ3v) is 10.8. The van der Waals surface area contributed by atoms with Crippen molar-refractivity contribution in [3.8, 4) is 27.9 Å². The van der Waals surface area contributed by atoms with Gasteiger partial charge in [-0.15, -0.1) is 11.7 Å². The first-order chi connectivity index (χ1) is 29.9. The molecule has 1 heterocycles. The summed E-state index contributed by atoms with van der Waals surface area (Å²) in [5.41, 5.74) is 14.7. The van der Waals surface area contributed by atoms with Gasteiger partial charge in [-0.3, -0.25) is 0 Å². The zero-order valence-electron chi connectivity index (χ0n) is 37.1. The standard InChI is InChI=1S/C50H40N2.3C2H6.HIS2/c1-5-16-36(17-6-2)51(37-18-8-7-9-19-37)38-30-26-34(27-31-38)35-28-32-39(33-29-35)52-45-25-15-13-23-43(45)47-48-46(40-20-10-11-21-41(40)49(47)52)42-22-12-14-24-44(42)50(48,3)4;3*1-2;1-3-2/h5-33H,1H2,2-4H3;3*1-2H3;2H/b17-6-,36-16+;;;;. The molecule has 2 nitrogen and oxygen atoms in total. The van der Waals surface area contributed by atoms with Crippen molar-refractivity contribution in [2.45, 2.75) is 67.7 Å². The van der Waals surface area contributed by atoms with Gasteiger partial charge in [-0.1, -0.05) is 183 Å². The van der Waals surface area contributed by atoms with Crippen molar-refractivity contribution in [1.82, 2.24) is 4.57 Å². The highest BCUT2D eigenvalue weighted by atomic mass is 127. The van der Waals surface area contributed by atoms with Crippen LogP contribution in [-0.2, 0) is 5.41 Å². The van der Waals surface area contributed by atoms with Crippen LogP contribution in [0.4, 0.5) is 11.4 Å². The van der Waals surface area contributed by atoms with E-state index in [4.69, 9.17) is 0 Å². The van der Waals surface area contributed by atoms with E-state index in [9.17, 15) is 0 Å². The maximum atomic E-state index is 3.97. The summed E-state index contributed by atoms with van der Waals surface area (Å²) < 4.78 is 2.49. The van der Waals surface area contributed by atoms with Crippen molar-refractivity contribution >= 4 is 84.8 Å². The Morgan fingerprint density at radius 2 is 1.16 bits per heavy atom. The minimum atomic E-state index is -0.135. The summed E-state index contributed by atoms with van der Waals surface area (Å²) in [6.07, 6.45) is 8.07. The second kappa shape index (κ2) is 22.2. The number of allylic oxidation sites excluding steroid dienone is 4. The molecule has 5 heteroatoms. The molecule has 312 valence electrons. The molecule has 0 aliphatic heterocycles. The zero-order chi connectivity index (χ0) is 44.1. The quantitative estimate of drug-likeness (QED) is 0.0737. The Labute approximate surface area is 386 Å². The molecular weight excluding hydrogens is 892 g/mol. The van der Waals surface area contributed by atoms with Gasteiger partial charge in [0, 0.05) is 65.5 Å². The fraction of sp³-hybridized carbons (Fsp3) is 0.179. The number of anilines is 2. The SMILES string of the molecule is C=C/C=C(\C=C/C)N(c1ccccc1)c1ccc(-c2ccc(-n3c4ccccc4c4c5c(c6ccccc6c43)-c3ccccc3C5(C)C)cc2)cc1.CC.CC.CC.SSI. The third kappa shape index (κ3) is 9.16. The fourth-order valence-electron chi connectivity index (χ4n) is 8.60. The number of thiol groups is 1. The van der Waals surface area contributed by atoms with E-state index in [0.29, 0.717) is 0 Å². The predicted octanol–water partition coefficient (Wildman–Crippen LogP) is 18.7. The molecule has 8 aromatic rings. The van der Waals surface area contributed by atoms with Gasteiger partial charge in [0.05, 0.1) is 11.0 Å². The Hall–Kier alpha value is -4.95. The lowest BCUT2D eigenvalue weighted by Gasteiger charge is -2.26. The molecule has 0 amide bonds. The fourth-order valence-corrected chi connectivity index (χ4v) is 8.60. The van der Waals surface area contributed by atoms with E-state index in [2.05, 4.69) is 227 Å². The van der Waals surface area contributed by atoms with E-state index in [-0.39, 0.29) is 5.41 Å². The van der Waals surface area contributed by atoms with Crippen LogP contribution < -0.4 is 4.90 Å². The predicted molar refractivity (Wildman–Crippen MR) is 288 cm³/mol. The van der Waals surface area contributed by atoms with Crippen molar-refractivity contribution in [3.05, 3.63) is 199 Å². The van der Waals surface area contributed by atoms with E-state index in [1.165, 1.54) is 73.9 Å². The van der Waals surface area contributed by atoms with Crippen LogP contribution in [0.1, 0.15) is 73.4 Å². The molecule has 61 heavy (non-hydrogen) atoms. The van der Waals surface area contributed by atoms with Crippen molar-refractivity contribution in [1.29, 1.82) is 0 Å². The Morgan fingerprint density at radius 3 is 1.77 bits per heavy atom. The average molecular weight is 951 g/mol. The number of aromatic nitrogens is 1. The molecule has 1 aromatic heterocycles. The Bertz CT molecular complexity index is 2740. The van der Waals surface area contributed by atoms with Crippen LogP contribution in [-0.4, -0.2) is 4.57 Å². The van der Waals surface area contributed by atoms with Gasteiger partial charge in [0.1, 0.15) is 0 Å². The van der Waals surface area contributed by atoms with Crippen LogP contribution in [0, 0.1) is 0 Å². The first kappa shape index (κ1) is 47.1. The lowest BCUT2D eigenvalue weighted by molar-refractivity contribution is 0.667. The number of hydrogen-bond acceptors (Lipinski definition) is 3. The van der Waals surface area contributed by atoms with Crippen molar-refractivity contribution in [2.75, 3.05) is 4.90 Å². The normalized spacial score (nSPS) is 12.1. The highest BCUT2D eigenvalue weighted by Crippen LogP contribution is 2.56. The number of fused-ring (bicyclic) bond motifs is 10. The molecular formula is C56H59IN2S2. The van der Waals surface area contributed by atoms with Gasteiger partial charge >= 0.3 is 0 Å². The van der Waals surface area contributed by atoms with Crippen LogP contribution in [0.2, 0.25) is 0 Å². The summed E-state index contributed by atoms with van der Waals surface area (Å²) in [6.45, 7) is 22.8. The smallest absolute Gasteiger partial charge is 0.0623 e. The lowest BCUT2D eigenvalue weighted by atomic mass is 9.79. The van der Waals surface area contributed by atoms with Gasteiger partial charge < -0.3 is 9.47 Å². The number of hydrogen-bond donors (Lipinski definition) is 1. The molecule has 0 atom stereocenters. The van der Waals surface area contributed by atoms with Gasteiger partial charge in [-0.05, 0) is 108 Å². The Kier molecular flexibility index (Phi) is 17.2. The molecule has 0 fully saturated rings. The van der Waals surface area contributed by atoms with E-state index in [0.717, 1.165) is 22.8 Å². The second-order valence-electron chi connectivity index (χ2n) is 14.2. The minimum Gasteiger partial charge on any atom is -0.311 e. The van der Waals surface area contributed by atoms with Gasteiger partial charge in [0.2, 0.25) is 0 Å². The van der Waals surface area contributed by atoms with Gasteiger partial charge in [0.15, 0.2) is 0 Å². The molecule has 7 aromatic carbocycles. The van der Waals surface area contributed by atoms with Crippen molar-refractivity contribution < 1.29 is 0 Å². The maximum Gasteiger partial charge on any atom is 0.0623 e. The summed E-state index contributed by atoms with van der Waals surface area (Å²) in [6, 6.07) is 55.3. The monoisotopic (exact) mass is 950 g/mol. The van der Waals surface area contributed by atoms with E-state index < -0.39 is 0 Å². The van der Waals surface area contributed by atoms with E-state index in [1.807, 2.05) is 60.6 Å². The largest absolute Gasteiger partial charge is 0.311 e. The minimum absolute atomic E-state index is 0.135. The van der Waals surface area contributed by atoms with Crippen LogP contribution in [0.15, 0.2) is 188 Å². The summed E-state index contributed by atoms with van der Waals surface area (Å²) in [4.78, 5) is 2.26. The molecule has 1 aliphatic carbocycles. The summed E-state index contributed by atoms with van der Waals surface area (Å²) in [5.74, 6) is 0. The van der Waals surface area contributed by atoms with Crippen LogP contribution >= 0.6 is 40.8 Å². The molecule has 1 aliphatic rings. The number of benzene rings is 7.